The van der Waals surface area contributed by atoms with Crippen molar-refractivity contribution < 1.29 is 14.7 Å². The number of fused-ring (bicyclic) bond motifs is 1. The normalized spacial score (nSPS) is 22.3. The third-order valence-corrected chi connectivity index (χ3v) is 5.58. The fraction of sp³-hybridized carbons (Fsp3) is 0.292. The Labute approximate surface area is 170 Å². The highest BCUT2D eigenvalue weighted by Crippen LogP contribution is 2.44. The van der Waals surface area contributed by atoms with E-state index in [0.29, 0.717) is 0 Å². The van der Waals surface area contributed by atoms with Crippen molar-refractivity contribution in [3.8, 4) is 0 Å². The molecule has 0 aromatic heterocycles. The molecule has 1 saturated carbocycles. The van der Waals surface area contributed by atoms with Gasteiger partial charge in [0.25, 0.3) is 0 Å². The summed E-state index contributed by atoms with van der Waals surface area (Å²) in [5, 5.41) is 17.1. The lowest BCUT2D eigenvalue weighted by molar-refractivity contribution is -0.305. The maximum Gasteiger partial charge on any atom is 0.243 e. The molecule has 2 aromatic rings. The number of carbonyl (C=O) groups excluding carboxylic acids is 2. The molecule has 1 fully saturated rings. The number of aliphatic carboxylic acids is 1. The van der Waals surface area contributed by atoms with Gasteiger partial charge in [-0.2, -0.15) is 5.10 Å². The molecule has 0 bridgehead atoms. The van der Waals surface area contributed by atoms with Crippen LogP contribution in [-0.4, -0.2) is 22.6 Å². The van der Waals surface area contributed by atoms with E-state index in [-0.39, 0.29) is 30.7 Å². The van der Waals surface area contributed by atoms with Crippen molar-refractivity contribution >= 4 is 23.7 Å². The summed E-state index contributed by atoms with van der Waals surface area (Å²) in [4.78, 5) is 23.7. The molecule has 29 heavy (non-hydrogen) atoms. The lowest BCUT2D eigenvalue weighted by Crippen LogP contribution is -2.33. The Balaban J connectivity index is 1.70. The first-order valence-corrected chi connectivity index (χ1v) is 10.0. The highest BCUT2D eigenvalue weighted by Gasteiger charge is 2.43. The van der Waals surface area contributed by atoms with Crippen molar-refractivity contribution in [2.75, 3.05) is 0 Å². The number of carboxylic acids is 1. The third-order valence-electron chi connectivity index (χ3n) is 5.58. The van der Waals surface area contributed by atoms with Crippen molar-refractivity contribution in [3.63, 3.8) is 0 Å². The first-order valence-electron chi connectivity index (χ1n) is 10.0. The zero-order chi connectivity index (χ0) is 20.2. The summed E-state index contributed by atoms with van der Waals surface area (Å²) in [6, 6.07) is 19.8. The summed E-state index contributed by atoms with van der Waals surface area (Å²) in [6.45, 7) is 0. The van der Waals surface area contributed by atoms with Crippen LogP contribution >= 0.6 is 0 Å². The minimum atomic E-state index is -1.22. The monoisotopic (exact) mass is 387 g/mol. The lowest BCUT2D eigenvalue weighted by atomic mass is 9.77. The van der Waals surface area contributed by atoms with E-state index in [9.17, 15) is 14.7 Å². The number of amides is 1. The van der Waals surface area contributed by atoms with Gasteiger partial charge in [-0.05, 0) is 48.5 Å². The summed E-state index contributed by atoms with van der Waals surface area (Å²) in [7, 11) is 0. The summed E-state index contributed by atoms with van der Waals surface area (Å²) < 4.78 is 0. The van der Waals surface area contributed by atoms with E-state index in [1.165, 1.54) is 5.01 Å². The molecule has 0 N–H and O–H groups in total. The molecule has 5 nitrogen and oxygen atoms in total. The Morgan fingerprint density at radius 3 is 2.41 bits per heavy atom. The summed E-state index contributed by atoms with van der Waals surface area (Å²) >= 11 is 0. The SMILES string of the molecule is O=C([O-])CCC(=O)N1N=C2/C(=C/c3ccccc3)CCC[C@H]2[C@H]1c1ccccc1. The number of hydrazone groups is 1. The standard InChI is InChI=1S/C24H24N2O3/c27-21(14-15-22(28)29)26-24(18-10-5-2-6-11-18)20-13-7-12-19(23(20)25-26)16-17-8-3-1-4-9-17/h1-6,8-11,16,20,24H,7,12-15H2,(H,28,29)/p-1/b19-16+/t20-,24-/m1/s1. The fourth-order valence-corrected chi connectivity index (χ4v) is 4.26. The second-order valence-corrected chi connectivity index (χ2v) is 7.53. The first-order chi connectivity index (χ1) is 14.1. The highest BCUT2D eigenvalue weighted by molar-refractivity contribution is 6.08. The van der Waals surface area contributed by atoms with E-state index >= 15 is 0 Å². The van der Waals surface area contributed by atoms with Crippen LogP contribution in [0, 0.1) is 5.92 Å². The van der Waals surface area contributed by atoms with Crippen LogP contribution in [0.5, 0.6) is 0 Å². The molecule has 1 heterocycles. The maximum absolute atomic E-state index is 12.9. The highest BCUT2D eigenvalue weighted by atomic mass is 16.4. The molecule has 5 heteroatoms. The van der Waals surface area contributed by atoms with Crippen molar-refractivity contribution in [1.82, 2.24) is 5.01 Å². The number of hydrogen-bond acceptors (Lipinski definition) is 4. The predicted molar refractivity (Wildman–Crippen MR) is 109 cm³/mol. The Kier molecular flexibility index (Phi) is 5.56. The van der Waals surface area contributed by atoms with Gasteiger partial charge in [0.1, 0.15) is 0 Å². The minimum absolute atomic E-state index is 0.104. The molecule has 0 spiro atoms. The molecule has 0 radical (unpaired) electrons. The van der Waals surface area contributed by atoms with Crippen LogP contribution in [0.3, 0.4) is 0 Å². The summed E-state index contributed by atoms with van der Waals surface area (Å²) in [6.07, 6.45) is 4.67. The Morgan fingerprint density at radius 1 is 1.03 bits per heavy atom. The lowest BCUT2D eigenvalue weighted by Gasteiger charge is -2.29. The number of rotatable bonds is 5. The van der Waals surface area contributed by atoms with Crippen LogP contribution in [0.15, 0.2) is 71.3 Å². The van der Waals surface area contributed by atoms with E-state index in [1.807, 2.05) is 48.5 Å². The van der Waals surface area contributed by atoms with Crippen LogP contribution in [-0.2, 0) is 9.59 Å². The van der Waals surface area contributed by atoms with Gasteiger partial charge in [0.2, 0.25) is 5.91 Å². The van der Waals surface area contributed by atoms with Gasteiger partial charge < -0.3 is 9.90 Å². The zero-order valence-corrected chi connectivity index (χ0v) is 16.2. The molecule has 2 atom stereocenters. The Bertz CT molecular complexity index is 951. The molecule has 1 amide bonds. The molecule has 2 aromatic carbocycles. The average molecular weight is 387 g/mol. The molecule has 2 aliphatic rings. The number of hydrogen-bond donors (Lipinski definition) is 0. The maximum atomic E-state index is 12.9. The molecule has 148 valence electrons. The van der Waals surface area contributed by atoms with Crippen LogP contribution in [0.25, 0.3) is 6.08 Å². The van der Waals surface area contributed by atoms with Gasteiger partial charge >= 0.3 is 0 Å². The second kappa shape index (κ2) is 8.43. The number of nitrogens with zero attached hydrogens (tertiary/aromatic N) is 2. The van der Waals surface area contributed by atoms with Crippen molar-refractivity contribution in [2.45, 2.75) is 38.1 Å². The Hall–Kier alpha value is -3.21. The van der Waals surface area contributed by atoms with E-state index < -0.39 is 5.97 Å². The molecular formula is C24H23N2O3-. The third kappa shape index (κ3) is 4.14. The summed E-state index contributed by atoms with van der Waals surface area (Å²) in [5.41, 5.74) is 4.25. The van der Waals surface area contributed by atoms with Crippen LogP contribution in [0.2, 0.25) is 0 Å². The van der Waals surface area contributed by atoms with E-state index in [1.54, 1.807) is 0 Å². The van der Waals surface area contributed by atoms with Gasteiger partial charge in [0.15, 0.2) is 0 Å². The molecule has 4 rings (SSSR count). The molecular weight excluding hydrogens is 364 g/mol. The zero-order valence-electron chi connectivity index (χ0n) is 16.2. The van der Waals surface area contributed by atoms with Crippen LogP contribution < -0.4 is 5.11 Å². The fourth-order valence-electron chi connectivity index (χ4n) is 4.26. The average Bonchev–Trinajstić information content (AvgIpc) is 3.14. The van der Waals surface area contributed by atoms with Gasteiger partial charge in [-0.1, -0.05) is 60.7 Å². The van der Waals surface area contributed by atoms with Gasteiger partial charge in [-0.3, -0.25) is 4.79 Å². The number of allylic oxidation sites excluding steroid dienone is 1. The second-order valence-electron chi connectivity index (χ2n) is 7.53. The largest absolute Gasteiger partial charge is 0.550 e. The topological polar surface area (TPSA) is 72.8 Å². The van der Waals surface area contributed by atoms with E-state index in [4.69, 9.17) is 5.10 Å². The number of carboxylic acid groups (broad SMARTS) is 1. The van der Waals surface area contributed by atoms with Crippen molar-refractivity contribution in [1.29, 1.82) is 0 Å². The molecule has 0 unspecified atom stereocenters. The predicted octanol–water partition coefficient (Wildman–Crippen LogP) is 3.34. The van der Waals surface area contributed by atoms with Gasteiger partial charge in [0.05, 0.1) is 11.8 Å². The van der Waals surface area contributed by atoms with Gasteiger partial charge in [-0.25, -0.2) is 5.01 Å². The molecule has 0 saturated heterocycles. The van der Waals surface area contributed by atoms with Crippen molar-refractivity contribution in [3.05, 3.63) is 77.4 Å². The van der Waals surface area contributed by atoms with Gasteiger partial charge in [-0.15, -0.1) is 0 Å². The molecule has 1 aliphatic carbocycles. The van der Waals surface area contributed by atoms with Gasteiger partial charge in [0, 0.05) is 18.3 Å². The minimum Gasteiger partial charge on any atom is -0.550 e. The first kappa shape index (κ1) is 19.1. The van der Waals surface area contributed by atoms with Crippen molar-refractivity contribution in [2.24, 2.45) is 11.0 Å². The molecule has 1 aliphatic heterocycles. The Morgan fingerprint density at radius 2 is 1.72 bits per heavy atom. The number of carbonyl (C=O) groups is 2. The quantitative estimate of drug-likeness (QED) is 0.790. The summed E-state index contributed by atoms with van der Waals surface area (Å²) in [5.74, 6) is -1.37. The van der Waals surface area contributed by atoms with E-state index in [2.05, 4.69) is 18.2 Å². The number of benzene rings is 2. The van der Waals surface area contributed by atoms with Crippen LogP contribution in [0.4, 0.5) is 0 Å². The van der Waals surface area contributed by atoms with E-state index in [0.717, 1.165) is 41.7 Å². The smallest absolute Gasteiger partial charge is 0.243 e. The van der Waals surface area contributed by atoms with Crippen LogP contribution in [0.1, 0.15) is 49.3 Å².